The summed E-state index contributed by atoms with van der Waals surface area (Å²) in [4.78, 5) is 10.9. The van der Waals surface area contributed by atoms with Crippen LogP contribution >= 0.6 is 11.3 Å². The van der Waals surface area contributed by atoms with E-state index >= 15 is 0 Å². The van der Waals surface area contributed by atoms with Gasteiger partial charge in [0.25, 0.3) is 0 Å². The fourth-order valence-electron chi connectivity index (χ4n) is 5.64. The topological polar surface area (TPSA) is 31.9 Å². The minimum atomic E-state index is 0.930. The molecule has 0 unspecified atom stereocenters. The maximum Gasteiger partial charge on any atom is 0.124 e. The van der Waals surface area contributed by atoms with Crippen LogP contribution in [0.2, 0.25) is 0 Å². The predicted octanol–water partition coefficient (Wildman–Crippen LogP) is 12.0. The monoisotopic (exact) mass is 603 g/mol. The summed E-state index contributed by atoms with van der Waals surface area (Å²) in [6.45, 7) is 7.99. The van der Waals surface area contributed by atoms with E-state index in [1.54, 1.807) is 11.3 Å². The molecule has 0 aliphatic carbocycles. The lowest BCUT2D eigenvalue weighted by Crippen LogP contribution is -2.14. The van der Waals surface area contributed by atoms with Crippen LogP contribution in [-0.4, -0.2) is 9.97 Å². The number of nitrogens with one attached hydrogen (secondary N) is 1. The van der Waals surface area contributed by atoms with E-state index in [1.165, 1.54) is 26.6 Å². The SMILES string of the molecule is C=C/C=C(\C=C/CCc1ccc2[nH]c3c(ccc4nc(-c5ccccc5)sc43)c2c1)N(c1ccccc1)c1ccccc1.CC. The van der Waals surface area contributed by atoms with Crippen molar-refractivity contribution in [2.75, 3.05) is 4.90 Å². The number of rotatable bonds is 9. The molecule has 222 valence electrons. The van der Waals surface area contributed by atoms with Gasteiger partial charge in [0, 0.05) is 38.9 Å². The zero-order chi connectivity index (χ0) is 31.0. The Kier molecular flexibility index (Phi) is 9.33. The minimum absolute atomic E-state index is 0.930. The molecule has 0 amide bonds. The Balaban J connectivity index is 0.00000175. The number of nitrogens with zero attached hydrogens (tertiary/aromatic N) is 2. The average Bonchev–Trinajstić information content (AvgIpc) is 3.71. The molecule has 2 aromatic heterocycles. The lowest BCUT2D eigenvalue weighted by molar-refractivity contribution is 1.00. The molecule has 0 aliphatic rings. The summed E-state index contributed by atoms with van der Waals surface area (Å²) in [5.41, 5.74) is 9.15. The molecule has 4 heteroatoms. The molecule has 0 radical (unpaired) electrons. The van der Waals surface area contributed by atoms with Gasteiger partial charge in [-0.2, -0.15) is 0 Å². The van der Waals surface area contributed by atoms with Crippen LogP contribution < -0.4 is 4.90 Å². The largest absolute Gasteiger partial charge is 0.353 e. The van der Waals surface area contributed by atoms with Crippen LogP contribution in [0.4, 0.5) is 11.4 Å². The number of hydrogen-bond donors (Lipinski definition) is 1. The molecule has 3 nitrogen and oxygen atoms in total. The zero-order valence-electron chi connectivity index (χ0n) is 25.8. The number of allylic oxidation sites excluding steroid dienone is 4. The Hall–Kier alpha value is -5.19. The quantitative estimate of drug-likeness (QED) is 0.166. The number of aromatic nitrogens is 2. The number of H-pyrrole nitrogens is 1. The third kappa shape index (κ3) is 6.38. The summed E-state index contributed by atoms with van der Waals surface area (Å²) < 4.78 is 1.21. The van der Waals surface area contributed by atoms with Crippen molar-refractivity contribution >= 4 is 54.7 Å². The van der Waals surface area contributed by atoms with E-state index in [1.807, 2.05) is 38.1 Å². The van der Waals surface area contributed by atoms with Crippen molar-refractivity contribution in [2.45, 2.75) is 26.7 Å². The van der Waals surface area contributed by atoms with Gasteiger partial charge in [0.2, 0.25) is 0 Å². The Bertz CT molecular complexity index is 2050. The highest BCUT2D eigenvalue weighted by atomic mass is 32.1. The summed E-state index contributed by atoms with van der Waals surface area (Å²) in [6, 6.07) is 42.5. The maximum atomic E-state index is 4.93. The first-order chi connectivity index (χ1) is 22.3. The molecule has 0 spiro atoms. The van der Waals surface area contributed by atoms with Crippen molar-refractivity contribution in [3.63, 3.8) is 0 Å². The van der Waals surface area contributed by atoms with Crippen molar-refractivity contribution in [2.24, 2.45) is 0 Å². The van der Waals surface area contributed by atoms with Crippen molar-refractivity contribution in [1.82, 2.24) is 9.97 Å². The van der Waals surface area contributed by atoms with E-state index in [9.17, 15) is 0 Å². The van der Waals surface area contributed by atoms with Crippen LogP contribution in [0.1, 0.15) is 25.8 Å². The molecular formula is C41H37N3S. The number of anilines is 2. The van der Waals surface area contributed by atoms with Crippen LogP contribution in [0, 0.1) is 0 Å². The molecule has 7 aromatic rings. The molecule has 0 fully saturated rings. The van der Waals surface area contributed by atoms with Gasteiger partial charge in [0.1, 0.15) is 5.01 Å². The van der Waals surface area contributed by atoms with E-state index < -0.39 is 0 Å². The zero-order valence-corrected chi connectivity index (χ0v) is 26.6. The highest BCUT2D eigenvalue weighted by molar-refractivity contribution is 7.22. The fraction of sp³-hybridized carbons (Fsp3) is 0.0976. The molecule has 0 atom stereocenters. The lowest BCUT2D eigenvalue weighted by atomic mass is 10.0. The van der Waals surface area contributed by atoms with E-state index in [0.717, 1.165) is 51.5 Å². The third-order valence-electron chi connectivity index (χ3n) is 7.68. The second kappa shape index (κ2) is 14.1. The molecule has 5 aromatic carbocycles. The molecule has 0 saturated carbocycles. The molecule has 0 saturated heterocycles. The highest BCUT2D eigenvalue weighted by Crippen LogP contribution is 2.38. The Morgan fingerprint density at radius 1 is 0.800 bits per heavy atom. The Morgan fingerprint density at radius 3 is 2.13 bits per heavy atom. The van der Waals surface area contributed by atoms with Crippen molar-refractivity contribution < 1.29 is 0 Å². The van der Waals surface area contributed by atoms with E-state index in [0.29, 0.717) is 0 Å². The van der Waals surface area contributed by atoms with Crippen molar-refractivity contribution in [3.8, 4) is 10.6 Å². The van der Waals surface area contributed by atoms with Crippen LogP contribution in [0.15, 0.2) is 158 Å². The van der Waals surface area contributed by atoms with Gasteiger partial charge < -0.3 is 9.88 Å². The molecular weight excluding hydrogens is 567 g/mol. The summed E-state index contributed by atoms with van der Waals surface area (Å²) >= 11 is 1.75. The van der Waals surface area contributed by atoms with Gasteiger partial charge in [-0.3, -0.25) is 0 Å². The van der Waals surface area contributed by atoms with Gasteiger partial charge in [-0.05, 0) is 79.1 Å². The number of para-hydroxylation sites is 2. The van der Waals surface area contributed by atoms with Gasteiger partial charge in [0.15, 0.2) is 0 Å². The summed E-state index contributed by atoms with van der Waals surface area (Å²) in [5, 5.41) is 3.57. The smallest absolute Gasteiger partial charge is 0.124 e. The number of fused-ring (bicyclic) bond motifs is 5. The first kappa shape index (κ1) is 29.9. The van der Waals surface area contributed by atoms with E-state index in [4.69, 9.17) is 4.98 Å². The van der Waals surface area contributed by atoms with Crippen molar-refractivity contribution in [3.05, 3.63) is 163 Å². The van der Waals surface area contributed by atoms with Crippen molar-refractivity contribution in [1.29, 1.82) is 0 Å². The van der Waals surface area contributed by atoms with Crippen LogP contribution in [0.5, 0.6) is 0 Å². The molecule has 0 bridgehead atoms. The van der Waals surface area contributed by atoms with E-state index in [2.05, 4.69) is 138 Å². The number of thiazole rings is 1. The number of benzene rings is 5. The summed E-state index contributed by atoms with van der Waals surface area (Å²) in [6.07, 6.45) is 10.3. The average molecular weight is 604 g/mol. The second-order valence-corrected chi connectivity index (χ2v) is 11.5. The van der Waals surface area contributed by atoms with Gasteiger partial charge in [-0.1, -0.05) is 105 Å². The van der Waals surface area contributed by atoms with Gasteiger partial charge in [0.05, 0.1) is 15.7 Å². The van der Waals surface area contributed by atoms with Crippen LogP contribution in [0.25, 0.3) is 42.6 Å². The van der Waals surface area contributed by atoms with Gasteiger partial charge in [-0.25, -0.2) is 4.98 Å². The number of hydrogen-bond acceptors (Lipinski definition) is 3. The molecule has 2 heterocycles. The molecule has 0 aliphatic heterocycles. The van der Waals surface area contributed by atoms with Crippen LogP contribution in [0.3, 0.4) is 0 Å². The van der Waals surface area contributed by atoms with Gasteiger partial charge >= 0.3 is 0 Å². The highest BCUT2D eigenvalue weighted by Gasteiger charge is 2.14. The molecule has 7 rings (SSSR count). The minimum Gasteiger partial charge on any atom is -0.353 e. The predicted molar refractivity (Wildman–Crippen MR) is 197 cm³/mol. The number of aromatic amines is 1. The van der Waals surface area contributed by atoms with E-state index in [-0.39, 0.29) is 0 Å². The second-order valence-electron chi connectivity index (χ2n) is 10.5. The molecule has 45 heavy (non-hydrogen) atoms. The Morgan fingerprint density at radius 2 is 1.47 bits per heavy atom. The van der Waals surface area contributed by atoms with Crippen LogP contribution in [-0.2, 0) is 6.42 Å². The summed E-state index contributed by atoms with van der Waals surface area (Å²) in [5.74, 6) is 0. The summed E-state index contributed by atoms with van der Waals surface area (Å²) in [7, 11) is 0. The third-order valence-corrected chi connectivity index (χ3v) is 8.81. The molecule has 1 N–H and O–H groups in total. The standard InChI is InChI=1S/C39H31N3S.C2H6/c1-2-14-30(42(31-18-8-4-9-19-31)32-20-10-5-11-21-32)22-13-12-15-28-23-25-35-34(27-28)33-24-26-36-38(37(33)40-35)43-39(41-36)29-16-6-3-7-17-29;1-2/h2-11,13-14,16-27,40H,1,12,15H2;1-2H3/b22-13-,30-14+;. The lowest BCUT2D eigenvalue weighted by Gasteiger charge is -2.26. The van der Waals surface area contributed by atoms with Gasteiger partial charge in [-0.15, -0.1) is 11.3 Å². The normalized spacial score (nSPS) is 11.6. The Labute approximate surface area is 269 Å². The maximum absolute atomic E-state index is 4.93. The first-order valence-corrected chi connectivity index (χ1v) is 16.4. The first-order valence-electron chi connectivity index (χ1n) is 15.6. The number of aryl methyl sites for hydroxylation is 1. The fourth-order valence-corrected chi connectivity index (χ4v) is 6.71.